The van der Waals surface area contributed by atoms with Crippen LogP contribution in [0.2, 0.25) is 0 Å². The van der Waals surface area contributed by atoms with Gasteiger partial charge in [0, 0.05) is 25.7 Å². The first-order chi connectivity index (χ1) is 21.1. The van der Waals surface area contributed by atoms with E-state index in [1.165, 1.54) is 9.21 Å². The van der Waals surface area contributed by atoms with Crippen LogP contribution in [0.25, 0.3) is 0 Å². The van der Waals surface area contributed by atoms with Crippen molar-refractivity contribution in [2.24, 2.45) is 34.3 Å². The number of nitrogens with two attached hydrogens (primary N) is 1. The maximum Gasteiger partial charge on any atom is 0.315 e. The van der Waals surface area contributed by atoms with Crippen LogP contribution in [0, 0.1) is 28.6 Å². The second-order valence-electron chi connectivity index (χ2n) is 16.0. The zero-order valence-corrected chi connectivity index (χ0v) is 29.7. The number of carbonyl (C=O) groups is 5. The zero-order chi connectivity index (χ0) is 34.8. The van der Waals surface area contributed by atoms with Gasteiger partial charge < -0.3 is 26.6 Å². The Morgan fingerprint density at radius 2 is 1.50 bits per heavy atom. The molecule has 2 saturated heterocycles. The van der Waals surface area contributed by atoms with Crippen LogP contribution >= 0.6 is 0 Å². The molecule has 1 saturated carbocycles. The van der Waals surface area contributed by atoms with Crippen LogP contribution in [0.15, 0.2) is 0 Å². The van der Waals surface area contributed by atoms with E-state index in [4.69, 9.17) is 5.73 Å². The van der Waals surface area contributed by atoms with E-state index in [2.05, 4.69) is 16.0 Å². The maximum absolute atomic E-state index is 14.3. The van der Waals surface area contributed by atoms with Crippen molar-refractivity contribution in [1.82, 2.24) is 25.2 Å². The summed E-state index contributed by atoms with van der Waals surface area (Å²) in [6, 6.07) is -4.12. The summed E-state index contributed by atoms with van der Waals surface area (Å²) in [4.78, 5) is 67.6. The number of carbonyl (C=O) groups excluding carboxylic acids is 5. The zero-order valence-electron chi connectivity index (χ0n) is 28.9. The third-order valence-corrected chi connectivity index (χ3v) is 11.2. The molecule has 0 radical (unpaired) electrons. The number of ketones is 1. The van der Waals surface area contributed by atoms with Crippen LogP contribution in [0.3, 0.4) is 0 Å². The molecule has 5 amide bonds. The fraction of sp³-hybridized carbons (Fsp3) is 0.844. The monoisotopic (exact) mass is 668 g/mol. The molecule has 5 N–H and O–H groups in total. The Balaban J connectivity index is 1.83. The number of amides is 5. The molecule has 0 aromatic heterocycles. The van der Waals surface area contributed by atoms with Crippen LogP contribution in [-0.4, -0.2) is 96.7 Å². The standard InChI is InChI=1S/C32H56N6O7S/c1-19(2)16-21-12-14-38(24(21)28(41)34-22(17-20-10-11-20)25(39)27(33)40)29(42)26(32(6,7)8)36-30(43)35-23(31(3,4)5)18-37-13-9-15-46(37,44)45/h19-24,26H,9-18H2,1-8H3,(H2,33,40)(H,34,41)(H2,35,36,43)/t21-,22?,23-,24+,26-/m1/s1. The van der Waals surface area contributed by atoms with Gasteiger partial charge in [0.2, 0.25) is 27.6 Å². The lowest BCUT2D eigenvalue weighted by atomic mass is 9.84. The Morgan fingerprint density at radius 3 is 1.98 bits per heavy atom. The second-order valence-corrected chi connectivity index (χ2v) is 18.1. The van der Waals surface area contributed by atoms with Crippen molar-refractivity contribution in [3.05, 3.63) is 0 Å². The molecule has 0 aromatic rings. The quantitative estimate of drug-likeness (QED) is 0.215. The predicted molar refractivity (Wildman–Crippen MR) is 175 cm³/mol. The molecular weight excluding hydrogens is 612 g/mol. The highest BCUT2D eigenvalue weighted by molar-refractivity contribution is 7.89. The van der Waals surface area contributed by atoms with Gasteiger partial charge in [-0.2, -0.15) is 4.31 Å². The number of nitrogens with one attached hydrogen (secondary N) is 3. The van der Waals surface area contributed by atoms with Crippen molar-refractivity contribution in [3.8, 4) is 0 Å². The van der Waals surface area contributed by atoms with Gasteiger partial charge in [0.15, 0.2) is 0 Å². The summed E-state index contributed by atoms with van der Waals surface area (Å²) >= 11 is 0. The molecule has 1 aliphatic carbocycles. The van der Waals surface area contributed by atoms with Gasteiger partial charge >= 0.3 is 6.03 Å². The minimum atomic E-state index is -3.38. The van der Waals surface area contributed by atoms with E-state index in [-0.39, 0.29) is 30.1 Å². The van der Waals surface area contributed by atoms with Crippen molar-refractivity contribution < 1.29 is 32.4 Å². The molecular formula is C32H56N6O7S. The lowest BCUT2D eigenvalue weighted by Gasteiger charge is -2.38. The van der Waals surface area contributed by atoms with Gasteiger partial charge in [0.05, 0.1) is 11.8 Å². The van der Waals surface area contributed by atoms with Crippen LogP contribution in [0.4, 0.5) is 4.79 Å². The van der Waals surface area contributed by atoms with Gasteiger partial charge in [-0.1, -0.05) is 68.2 Å². The Labute approximate surface area is 274 Å². The largest absolute Gasteiger partial charge is 0.363 e. The van der Waals surface area contributed by atoms with E-state index in [1.807, 2.05) is 55.4 Å². The predicted octanol–water partition coefficient (Wildman–Crippen LogP) is 1.75. The van der Waals surface area contributed by atoms with Crippen LogP contribution in [0.1, 0.15) is 93.9 Å². The molecule has 0 aromatic carbocycles. The number of sulfonamides is 1. The molecule has 3 fully saturated rings. The summed E-state index contributed by atoms with van der Waals surface area (Å²) < 4.78 is 26.4. The number of urea groups is 1. The number of likely N-dealkylation sites (tertiary alicyclic amines) is 1. The van der Waals surface area contributed by atoms with E-state index in [0.29, 0.717) is 38.8 Å². The summed E-state index contributed by atoms with van der Waals surface area (Å²) in [6.07, 6.45) is 3.91. The number of rotatable bonds is 13. The normalized spacial score (nSPS) is 23.9. The second kappa shape index (κ2) is 14.6. The molecule has 3 aliphatic rings. The van der Waals surface area contributed by atoms with Gasteiger partial charge in [0.25, 0.3) is 5.91 Å². The van der Waals surface area contributed by atoms with E-state index in [1.54, 1.807) is 0 Å². The molecule has 3 rings (SSSR count). The third-order valence-electron chi connectivity index (χ3n) is 9.32. The first-order valence-electron chi connectivity index (χ1n) is 16.6. The fourth-order valence-electron chi connectivity index (χ4n) is 6.44. The minimum Gasteiger partial charge on any atom is -0.363 e. The van der Waals surface area contributed by atoms with Gasteiger partial charge in [-0.25, -0.2) is 13.2 Å². The highest BCUT2D eigenvalue weighted by Gasteiger charge is 2.47. The number of primary amides is 1. The van der Waals surface area contributed by atoms with Crippen molar-refractivity contribution in [1.29, 1.82) is 0 Å². The van der Waals surface area contributed by atoms with E-state index in [9.17, 15) is 32.4 Å². The Morgan fingerprint density at radius 1 is 0.870 bits per heavy atom. The van der Waals surface area contributed by atoms with Crippen molar-refractivity contribution >= 4 is 39.6 Å². The summed E-state index contributed by atoms with van der Waals surface area (Å²) in [5.74, 6) is -2.52. The minimum absolute atomic E-state index is 0.0804. The molecule has 262 valence electrons. The fourth-order valence-corrected chi connectivity index (χ4v) is 7.98. The maximum atomic E-state index is 14.3. The SMILES string of the molecule is CC(C)C[C@H]1CCN(C(=O)[C@@H](NC(=O)N[C@H](CN2CCCS2(=O)=O)C(C)(C)C)C(C)(C)C)[C@@H]1C(=O)NC(CC1CC1)C(=O)C(N)=O. The lowest BCUT2D eigenvalue weighted by Crippen LogP contribution is -2.62. The smallest absolute Gasteiger partial charge is 0.315 e. The number of hydrogen-bond acceptors (Lipinski definition) is 7. The summed E-state index contributed by atoms with van der Waals surface area (Å²) in [5.41, 5.74) is 4.06. The Kier molecular flexibility index (Phi) is 11.9. The number of nitrogens with zero attached hydrogens (tertiary/aromatic N) is 2. The highest BCUT2D eigenvalue weighted by Crippen LogP contribution is 2.35. The first-order valence-corrected chi connectivity index (χ1v) is 18.2. The van der Waals surface area contributed by atoms with Gasteiger partial charge in [-0.05, 0) is 54.3 Å². The topological polar surface area (TPSA) is 188 Å². The molecule has 5 atom stereocenters. The van der Waals surface area contributed by atoms with Crippen LogP contribution in [-0.2, 0) is 29.2 Å². The Hall–Kier alpha value is -2.74. The number of hydrogen-bond donors (Lipinski definition) is 4. The third kappa shape index (κ3) is 9.88. The van der Waals surface area contributed by atoms with Crippen molar-refractivity contribution in [2.75, 3.05) is 25.4 Å². The van der Waals surface area contributed by atoms with Crippen LogP contribution in [0.5, 0.6) is 0 Å². The molecule has 2 aliphatic heterocycles. The van der Waals surface area contributed by atoms with Gasteiger partial charge in [-0.15, -0.1) is 0 Å². The lowest BCUT2D eigenvalue weighted by molar-refractivity contribution is -0.144. The summed E-state index contributed by atoms with van der Waals surface area (Å²) in [6.45, 7) is 16.1. The van der Waals surface area contributed by atoms with E-state index < -0.39 is 74.6 Å². The molecule has 0 bridgehead atoms. The first kappa shape index (κ1) is 37.7. The van der Waals surface area contributed by atoms with Gasteiger partial charge in [-0.3, -0.25) is 19.2 Å². The average Bonchev–Trinajstić information content (AvgIpc) is 3.53. The molecule has 14 heteroatoms. The van der Waals surface area contributed by atoms with Crippen molar-refractivity contribution in [3.63, 3.8) is 0 Å². The molecule has 13 nitrogen and oxygen atoms in total. The molecule has 1 unspecified atom stereocenters. The average molecular weight is 669 g/mol. The van der Waals surface area contributed by atoms with Crippen LogP contribution < -0.4 is 21.7 Å². The highest BCUT2D eigenvalue weighted by atomic mass is 32.2. The Bertz CT molecular complexity index is 1270. The van der Waals surface area contributed by atoms with E-state index in [0.717, 1.165) is 12.8 Å². The molecule has 2 heterocycles. The summed E-state index contributed by atoms with van der Waals surface area (Å²) in [7, 11) is -3.38. The molecule has 0 spiro atoms. The molecule has 46 heavy (non-hydrogen) atoms. The van der Waals surface area contributed by atoms with Crippen molar-refractivity contribution in [2.45, 2.75) is 118 Å². The number of Topliss-reactive ketones (excluding diaryl/α,β-unsaturated/α-hetero) is 1. The van der Waals surface area contributed by atoms with Gasteiger partial charge in [0.1, 0.15) is 12.1 Å². The van der Waals surface area contributed by atoms with E-state index >= 15 is 0 Å². The summed E-state index contributed by atoms with van der Waals surface area (Å²) in [5, 5.41) is 8.54.